The largest absolute Gasteiger partial charge is 0.489 e. The van der Waals surface area contributed by atoms with Gasteiger partial charge in [-0.05, 0) is 72.5 Å². The quantitative estimate of drug-likeness (QED) is 0.473. The monoisotopic (exact) mass is 397 g/mol. The molecule has 0 heterocycles. The fraction of sp³-hybridized carbons (Fsp3) is 0.160. The molecule has 3 aromatic rings. The van der Waals surface area contributed by atoms with Gasteiger partial charge in [-0.1, -0.05) is 35.9 Å². The zero-order valence-electron chi connectivity index (χ0n) is 17.1. The van der Waals surface area contributed by atoms with Crippen LogP contribution in [-0.4, -0.2) is 12.1 Å². The molecule has 0 saturated heterocycles. The Hall–Kier alpha value is -3.91. The minimum absolute atomic E-state index is 0.155. The predicted molar refractivity (Wildman–Crippen MR) is 117 cm³/mol. The van der Waals surface area contributed by atoms with E-state index in [0.717, 1.165) is 22.3 Å². The number of nitrogens with one attached hydrogen (secondary N) is 1. The van der Waals surface area contributed by atoms with Crippen LogP contribution in [-0.2, 0) is 17.8 Å². The molecule has 1 N–H and O–H groups in total. The van der Waals surface area contributed by atoms with Crippen LogP contribution in [0, 0.1) is 25.2 Å². The summed E-state index contributed by atoms with van der Waals surface area (Å²) in [6.07, 6.45) is 1.89. The Kier molecular flexibility index (Phi) is 6.96. The van der Waals surface area contributed by atoms with Crippen molar-refractivity contribution in [3.63, 3.8) is 0 Å². The fourth-order valence-corrected chi connectivity index (χ4v) is 2.98. The highest BCUT2D eigenvalue weighted by Gasteiger charge is 2.05. The molecule has 5 heteroatoms. The molecule has 3 rings (SSSR count). The standard InChI is InChI=1S/C25H23N3O2/c1-18-6-9-23(19(2)12-18)14-25(29)28-27-16-20-7-10-24(11-8-20)30-17-22-5-3-4-21(13-22)15-26/h3-13,16H,14,17H2,1-2H3,(H,28,29)/b27-16-. The average Bonchev–Trinajstić information content (AvgIpc) is 2.75. The van der Waals surface area contributed by atoms with E-state index in [1.165, 1.54) is 5.56 Å². The van der Waals surface area contributed by atoms with Crippen molar-refractivity contribution in [3.05, 3.63) is 100 Å². The van der Waals surface area contributed by atoms with Gasteiger partial charge in [-0.2, -0.15) is 10.4 Å². The smallest absolute Gasteiger partial charge is 0.244 e. The van der Waals surface area contributed by atoms with Crippen LogP contribution in [0.15, 0.2) is 71.8 Å². The van der Waals surface area contributed by atoms with Crippen molar-refractivity contribution in [2.45, 2.75) is 26.9 Å². The van der Waals surface area contributed by atoms with E-state index in [1.54, 1.807) is 12.3 Å². The van der Waals surface area contributed by atoms with Gasteiger partial charge in [-0.15, -0.1) is 0 Å². The summed E-state index contributed by atoms with van der Waals surface area (Å²) in [5.41, 5.74) is 8.24. The molecular weight excluding hydrogens is 374 g/mol. The molecule has 30 heavy (non-hydrogen) atoms. The predicted octanol–water partition coefficient (Wildman–Crippen LogP) is 4.45. The maximum Gasteiger partial charge on any atom is 0.244 e. The number of aryl methyl sites for hydroxylation is 2. The van der Waals surface area contributed by atoms with E-state index in [2.05, 4.69) is 22.7 Å². The number of nitriles is 1. The van der Waals surface area contributed by atoms with Crippen molar-refractivity contribution in [2.24, 2.45) is 5.10 Å². The molecule has 0 unspecified atom stereocenters. The summed E-state index contributed by atoms with van der Waals surface area (Å²) >= 11 is 0. The highest BCUT2D eigenvalue weighted by atomic mass is 16.5. The molecule has 0 aliphatic carbocycles. The minimum atomic E-state index is -0.155. The highest BCUT2D eigenvalue weighted by molar-refractivity contribution is 5.83. The van der Waals surface area contributed by atoms with Crippen molar-refractivity contribution < 1.29 is 9.53 Å². The van der Waals surface area contributed by atoms with Gasteiger partial charge in [0.2, 0.25) is 5.91 Å². The Labute approximate surface area is 176 Å². The lowest BCUT2D eigenvalue weighted by Crippen LogP contribution is -2.20. The molecule has 1 amide bonds. The lowest BCUT2D eigenvalue weighted by atomic mass is 10.0. The summed E-state index contributed by atoms with van der Waals surface area (Å²) in [4.78, 5) is 12.1. The number of ether oxygens (including phenoxy) is 1. The number of nitrogens with zero attached hydrogens (tertiary/aromatic N) is 2. The van der Waals surface area contributed by atoms with E-state index in [9.17, 15) is 4.79 Å². The van der Waals surface area contributed by atoms with Gasteiger partial charge >= 0.3 is 0 Å². The van der Waals surface area contributed by atoms with Gasteiger partial charge < -0.3 is 4.74 Å². The molecule has 0 spiro atoms. The zero-order valence-corrected chi connectivity index (χ0v) is 17.1. The minimum Gasteiger partial charge on any atom is -0.489 e. The van der Waals surface area contributed by atoms with E-state index < -0.39 is 0 Å². The maximum atomic E-state index is 12.1. The van der Waals surface area contributed by atoms with Crippen molar-refractivity contribution in [1.82, 2.24) is 5.43 Å². The highest BCUT2D eigenvalue weighted by Crippen LogP contribution is 2.14. The van der Waals surface area contributed by atoms with Crippen molar-refractivity contribution in [3.8, 4) is 11.8 Å². The Balaban J connectivity index is 1.49. The van der Waals surface area contributed by atoms with E-state index in [4.69, 9.17) is 10.00 Å². The van der Waals surface area contributed by atoms with Gasteiger partial charge in [0.05, 0.1) is 24.3 Å². The maximum absolute atomic E-state index is 12.1. The van der Waals surface area contributed by atoms with Crippen LogP contribution in [0.2, 0.25) is 0 Å². The molecule has 150 valence electrons. The molecule has 0 aromatic heterocycles. The summed E-state index contributed by atoms with van der Waals surface area (Å²) in [5.74, 6) is 0.561. The van der Waals surface area contributed by atoms with Crippen LogP contribution >= 0.6 is 0 Å². The number of hydrazone groups is 1. The van der Waals surface area contributed by atoms with E-state index >= 15 is 0 Å². The van der Waals surface area contributed by atoms with Crippen LogP contribution < -0.4 is 10.2 Å². The third kappa shape index (κ3) is 6.05. The number of hydrogen-bond acceptors (Lipinski definition) is 4. The number of hydrogen-bond donors (Lipinski definition) is 1. The number of carbonyl (C=O) groups excluding carboxylic acids is 1. The molecular formula is C25H23N3O2. The SMILES string of the molecule is Cc1ccc(CC(=O)N/N=C\c2ccc(OCc3cccc(C#N)c3)cc2)c(C)c1. The second kappa shape index (κ2) is 10.0. The van der Waals surface area contributed by atoms with Crippen LogP contribution in [0.5, 0.6) is 5.75 Å². The molecule has 0 bridgehead atoms. The first kappa shape index (κ1) is 20.8. The number of carbonyl (C=O) groups is 1. The van der Waals surface area contributed by atoms with Crippen LogP contribution in [0.25, 0.3) is 0 Å². The summed E-state index contributed by atoms with van der Waals surface area (Å²) < 4.78 is 5.75. The first-order valence-electron chi connectivity index (χ1n) is 9.63. The van der Waals surface area contributed by atoms with Crippen molar-refractivity contribution in [2.75, 3.05) is 0 Å². The van der Waals surface area contributed by atoms with Gasteiger partial charge in [0.1, 0.15) is 12.4 Å². The van der Waals surface area contributed by atoms with Gasteiger partial charge in [0.15, 0.2) is 0 Å². The zero-order chi connectivity index (χ0) is 21.3. The molecule has 5 nitrogen and oxygen atoms in total. The Morgan fingerprint density at radius 2 is 1.90 bits per heavy atom. The van der Waals surface area contributed by atoms with Gasteiger partial charge in [-0.3, -0.25) is 4.79 Å². The van der Waals surface area contributed by atoms with Crippen LogP contribution in [0.1, 0.15) is 33.4 Å². The Morgan fingerprint density at radius 1 is 1.10 bits per heavy atom. The first-order chi connectivity index (χ1) is 14.5. The molecule has 0 saturated carbocycles. The van der Waals surface area contributed by atoms with E-state index in [-0.39, 0.29) is 5.91 Å². The first-order valence-corrected chi connectivity index (χ1v) is 9.63. The molecule has 0 aliphatic heterocycles. The van der Waals surface area contributed by atoms with E-state index in [0.29, 0.717) is 24.3 Å². The molecule has 0 radical (unpaired) electrons. The summed E-state index contributed by atoms with van der Waals surface area (Å²) in [6.45, 7) is 4.42. The number of amides is 1. The average molecular weight is 397 g/mol. The van der Waals surface area contributed by atoms with Gasteiger partial charge in [-0.25, -0.2) is 5.43 Å². The van der Waals surface area contributed by atoms with Gasteiger partial charge in [0.25, 0.3) is 0 Å². The fourth-order valence-electron chi connectivity index (χ4n) is 2.98. The lowest BCUT2D eigenvalue weighted by Gasteiger charge is -2.07. The van der Waals surface area contributed by atoms with E-state index in [1.807, 2.05) is 68.4 Å². The van der Waals surface area contributed by atoms with Crippen molar-refractivity contribution >= 4 is 12.1 Å². The van der Waals surface area contributed by atoms with Gasteiger partial charge in [0, 0.05) is 0 Å². The number of benzene rings is 3. The Bertz CT molecular complexity index is 1100. The third-order valence-electron chi connectivity index (χ3n) is 4.59. The topological polar surface area (TPSA) is 74.5 Å². The third-order valence-corrected chi connectivity index (χ3v) is 4.59. The molecule has 3 aromatic carbocycles. The summed E-state index contributed by atoms with van der Waals surface area (Å²) in [5, 5.41) is 13.0. The normalized spacial score (nSPS) is 10.6. The second-order valence-corrected chi connectivity index (χ2v) is 7.07. The van der Waals surface area contributed by atoms with Crippen LogP contribution in [0.3, 0.4) is 0 Å². The molecule has 0 fully saturated rings. The second-order valence-electron chi connectivity index (χ2n) is 7.07. The molecule has 0 atom stereocenters. The number of rotatable bonds is 7. The summed E-state index contributed by atoms with van der Waals surface area (Å²) in [7, 11) is 0. The lowest BCUT2D eigenvalue weighted by molar-refractivity contribution is -0.120. The van der Waals surface area contributed by atoms with Crippen LogP contribution in [0.4, 0.5) is 0 Å². The summed E-state index contributed by atoms with van der Waals surface area (Å²) in [6, 6.07) is 22.9. The molecule has 0 aliphatic rings. The van der Waals surface area contributed by atoms with Crippen molar-refractivity contribution in [1.29, 1.82) is 5.26 Å². The Morgan fingerprint density at radius 3 is 2.63 bits per heavy atom.